The molecule has 112 valence electrons. The van der Waals surface area contributed by atoms with Crippen LogP contribution in [0.15, 0.2) is 23.2 Å². The number of pyridine rings is 1. The third-order valence-corrected chi connectivity index (χ3v) is 4.93. The average molecular weight is 299 g/mol. The molecular weight excluding hydrogens is 278 g/mol. The van der Waals surface area contributed by atoms with Crippen molar-refractivity contribution in [1.82, 2.24) is 15.0 Å². The number of aromatic nitrogens is 1. The van der Waals surface area contributed by atoms with E-state index >= 15 is 0 Å². The maximum absolute atomic E-state index is 12.2. The van der Waals surface area contributed by atoms with Gasteiger partial charge in [0.1, 0.15) is 4.90 Å². The molecule has 1 aromatic heterocycles. The largest absolute Gasteiger partial charge is 0.383 e. The Kier molecular flexibility index (Phi) is 4.74. The second-order valence-electron chi connectivity index (χ2n) is 5.20. The standard InChI is InChI=1S/C13H21N3O3S/c1-11-4-5-12(8-14-11)20(17,18)16-9-13(10-19-2)6-3-7-15-13/h4-5,8,15-16H,3,6-7,9-10H2,1-2H3. The van der Waals surface area contributed by atoms with Crippen LogP contribution < -0.4 is 10.0 Å². The molecule has 0 amide bonds. The van der Waals surface area contributed by atoms with E-state index in [0.29, 0.717) is 13.2 Å². The number of nitrogens with zero attached hydrogens (tertiary/aromatic N) is 1. The van der Waals surface area contributed by atoms with Crippen LogP contribution in [-0.2, 0) is 14.8 Å². The van der Waals surface area contributed by atoms with Gasteiger partial charge in [0.25, 0.3) is 0 Å². The van der Waals surface area contributed by atoms with Gasteiger partial charge in [0, 0.05) is 25.5 Å². The van der Waals surface area contributed by atoms with Crippen LogP contribution in [0, 0.1) is 6.92 Å². The highest BCUT2D eigenvalue weighted by molar-refractivity contribution is 7.89. The molecule has 1 aliphatic rings. The monoisotopic (exact) mass is 299 g/mol. The molecule has 7 heteroatoms. The summed E-state index contributed by atoms with van der Waals surface area (Å²) in [5.74, 6) is 0. The molecule has 0 spiro atoms. The van der Waals surface area contributed by atoms with Gasteiger partial charge in [0.15, 0.2) is 0 Å². The molecule has 0 aromatic carbocycles. The SMILES string of the molecule is COCC1(CNS(=O)(=O)c2ccc(C)nc2)CCCN1. The Morgan fingerprint density at radius 2 is 2.30 bits per heavy atom. The van der Waals surface area contributed by atoms with Crippen LogP contribution >= 0.6 is 0 Å². The normalized spacial score (nSPS) is 23.1. The predicted molar refractivity (Wildman–Crippen MR) is 76.0 cm³/mol. The van der Waals surface area contributed by atoms with Crippen molar-refractivity contribution in [3.05, 3.63) is 24.0 Å². The van der Waals surface area contributed by atoms with Crippen LogP contribution in [0.25, 0.3) is 0 Å². The van der Waals surface area contributed by atoms with Crippen LogP contribution in [0.1, 0.15) is 18.5 Å². The van der Waals surface area contributed by atoms with Crippen molar-refractivity contribution in [3.63, 3.8) is 0 Å². The van der Waals surface area contributed by atoms with Crippen molar-refractivity contribution in [2.75, 3.05) is 26.8 Å². The van der Waals surface area contributed by atoms with E-state index in [0.717, 1.165) is 25.1 Å². The smallest absolute Gasteiger partial charge is 0.242 e. The van der Waals surface area contributed by atoms with E-state index in [1.165, 1.54) is 6.20 Å². The summed E-state index contributed by atoms with van der Waals surface area (Å²) in [5, 5.41) is 3.34. The van der Waals surface area contributed by atoms with Gasteiger partial charge in [-0.1, -0.05) is 0 Å². The predicted octanol–water partition coefficient (Wildman–Crippen LogP) is 0.437. The van der Waals surface area contributed by atoms with Crippen molar-refractivity contribution in [1.29, 1.82) is 0 Å². The lowest BCUT2D eigenvalue weighted by atomic mass is 9.99. The summed E-state index contributed by atoms with van der Waals surface area (Å²) < 4.78 is 32.3. The minimum Gasteiger partial charge on any atom is -0.383 e. The topological polar surface area (TPSA) is 80.3 Å². The molecule has 1 unspecified atom stereocenters. The lowest BCUT2D eigenvalue weighted by Crippen LogP contribution is -2.52. The molecule has 0 radical (unpaired) electrons. The van der Waals surface area contributed by atoms with Crippen molar-refractivity contribution in [2.45, 2.75) is 30.2 Å². The number of methoxy groups -OCH3 is 1. The molecule has 1 aliphatic heterocycles. The number of hydrogen-bond donors (Lipinski definition) is 2. The summed E-state index contributed by atoms with van der Waals surface area (Å²) in [4.78, 5) is 4.21. The highest BCUT2D eigenvalue weighted by Gasteiger charge is 2.34. The van der Waals surface area contributed by atoms with E-state index in [4.69, 9.17) is 4.74 Å². The Morgan fingerprint density at radius 3 is 2.85 bits per heavy atom. The first-order valence-electron chi connectivity index (χ1n) is 6.64. The lowest BCUT2D eigenvalue weighted by Gasteiger charge is -2.28. The van der Waals surface area contributed by atoms with Gasteiger partial charge in [0.2, 0.25) is 10.0 Å². The zero-order valence-corrected chi connectivity index (χ0v) is 12.7. The first-order valence-corrected chi connectivity index (χ1v) is 8.12. The molecule has 0 bridgehead atoms. The van der Waals surface area contributed by atoms with Crippen molar-refractivity contribution in [2.24, 2.45) is 0 Å². The Labute approximate surface area is 120 Å². The Hall–Kier alpha value is -1.02. The molecular formula is C13H21N3O3S. The summed E-state index contributed by atoms with van der Waals surface area (Å²) in [6.45, 7) is 3.51. The fourth-order valence-electron chi connectivity index (χ4n) is 2.40. The van der Waals surface area contributed by atoms with Crippen LogP contribution in [-0.4, -0.2) is 45.7 Å². The van der Waals surface area contributed by atoms with Gasteiger partial charge in [-0.2, -0.15) is 0 Å². The van der Waals surface area contributed by atoms with Gasteiger partial charge < -0.3 is 10.1 Å². The van der Waals surface area contributed by atoms with Gasteiger partial charge >= 0.3 is 0 Å². The lowest BCUT2D eigenvalue weighted by molar-refractivity contribution is 0.122. The Balaban J connectivity index is 2.06. The number of nitrogens with one attached hydrogen (secondary N) is 2. The second kappa shape index (κ2) is 6.17. The molecule has 1 saturated heterocycles. The molecule has 2 heterocycles. The van der Waals surface area contributed by atoms with Gasteiger partial charge in [-0.05, 0) is 38.4 Å². The fraction of sp³-hybridized carbons (Fsp3) is 0.615. The zero-order chi connectivity index (χ0) is 14.6. The van der Waals surface area contributed by atoms with Crippen LogP contribution in [0.5, 0.6) is 0 Å². The average Bonchev–Trinajstić information content (AvgIpc) is 2.87. The quantitative estimate of drug-likeness (QED) is 0.796. The summed E-state index contributed by atoms with van der Waals surface area (Å²) in [6, 6.07) is 3.25. The molecule has 20 heavy (non-hydrogen) atoms. The third kappa shape index (κ3) is 3.54. The molecule has 1 aromatic rings. The molecule has 1 atom stereocenters. The number of sulfonamides is 1. The van der Waals surface area contributed by atoms with Gasteiger partial charge in [-0.3, -0.25) is 4.98 Å². The maximum atomic E-state index is 12.2. The van der Waals surface area contributed by atoms with E-state index in [9.17, 15) is 8.42 Å². The summed E-state index contributed by atoms with van der Waals surface area (Å²) in [6.07, 6.45) is 3.30. The number of aryl methyl sites for hydroxylation is 1. The Bertz CT molecular complexity index is 536. The molecule has 6 nitrogen and oxygen atoms in total. The van der Waals surface area contributed by atoms with Crippen LogP contribution in [0.3, 0.4) is 0 Å². The fourth-order valence-corrected chi connectivity index (χ4v) is 3.47. The van der Waals surface area contributed by atoms with E-state index in [2.05, 4.69) is 15.0 Å². The van der Waals surface area contributed by atoms with Crippen molar-refractivity contribution >= 4 is 10.0 Å². The third-order valence-electron chi connectivity index (χ3n) is 3.55. The van der Waals surface area contributed by atoms with E-state index in [1.807, 2.05) is 6.92 Å². The summed E-state index contributed by atoms with van der Waals surface area (Å²) in [5.41, 5.74) is 0.484. The molecule has 2 rings (SSSR count). The van der Waals surface area contributed by atoms with Gasteiger partial charge in [0.05, 0.1) is 12.1 Å². The number of hydrogen-bond acceptors (Lipinski definition) is 5. The van der Waals surface area contributed by atoms with E-state index < -0.39 is 10.0 Å². The van der Waals surface area contributed by atoms with Crippen LogP contribution in [0.2, 0.25) is 0 Å². The summed E-state index contributed by atoms with van der Waals surface area (Å²) in [7, 11) is -1.90. The van der Waals surface area contributed by atoms with Crippen molar-refractivity contribution in [3.8, 4) is 0 Å². The molecule has 0 saturated carbocycles. The van der Waals surface area contributed by atoms with Gasteiger partial charge in [-0.25, -0.2) is 13.1 Å². The maximum Gasteiger partial charge on any atom is 0.242 e. The second-order valence-corrected chi connectivity index (χ2v) is 6.97. The first-order chi connectivity index (χ1) is 9.47. The minimum absolute atomic E-state index is 0.189. The molecule has 2 N–H and O–H groups in total. The highest BCUT2D eigenvalue weighted by Crippen LogP contribution is 2.19. The Morgan fingerprint density at radius 1 is 1.50 bits per heavy atom. The molecule has 1 fully saturated rings. The van der Waals surface area contributed by atoms with E-state index in [1.54, 1.807) is 19.2 Å². The van der Waals surface area contributed by atoms with Gasteiger partial charge in [-0.15, -0.1) is 0 Å². The summed E-state index contributed by atoms with van der Waals surface area (Å²) >= 11 is 0. The van der Waals surface area contributed by atoms with Crippen molar-refractivity contribution < 1.29 is 13.2 Å². The minimum atomic E-state index is -3.53. The van der Waals surface area contributed by atoms with Crippen LogP contribution in [0.4, 0.5) is 0 Å². The number of ether oxygens (including phenoxy) is 1. The molecule has 0 aliphatic carbocycles. The highest BCUT2D eigenvalue weighted by atomic mass is 32.2. The van der Waals surface area contributed by atoms with E-state index in [-0.39, 0.29) is 10.4 Å². The zero-order valence-electron chi connectivity index (χ0n) is 11.8. The number of rotatable bonds is 6. The first kappa shape index (κ1) is 15.4.